The van der Waals surface area contributed by atoms with Crippen LogP contribution in [0.25, 0.3) is 0 Å². The molecule has 0 heterocycles. The molecule has 1 heteroatoms. The van der Waals surface area contributed by atoms with Gasteiger partial charge in [-0.1, -0.05) is 59.8 Å². The van der Waals surface area contributed by atoms with E-state index < -0.39 is 0 Å². The van der Waals surface area contributed by atoms with Crippen LogP contribution >= 0.6 is 11.6 Å². The molecular weight excluding hydrogens is 192 g/mol. The number of rotatable bonds is 8. The quantitative estimate of drug-likeness (QED) is 0.386. The van der Waals surface area contributed by atoms with Crippen molar-refractivity contribution in [3.63, 3.8) is 0 Å². The first-order valence-corrected chi connectivity index (χ1v) is 6.67. The molecule has 0 fully saturated rings. The highest BCUT2D eigenvalue weighted by Crippen LogP contribution is 2.24. The zero-order valence-corrected chi connectivity index (χ0v) is 11.1. The molecule has 0 spiro atoms. The first-order valence-electron chi connectivity index (χ1n) is 6.23. The molecule has 0 bridgehead atoms. The van der Waals surface area contributed by atoms with Crippen LogP contribution in [0.15, 0.2) is 0 Å². The fourth-order valence-corrected chi connectivity index (χ4v) is 2.01. The second-order valence-electron chi connectivity index (χ2n) is 4.87. The molecule has 0 saturated carbocycles. The third-order valence-corrected chi connectivity index (χ3v) is 3.88. The van der Waals surface area contributed by atoms with Gasteiger partial charge in [0.05, 0.1) is 0 Å². The molecular formula is C13H27Cl. The highest BCUT2D eigenvalue weighted by Gasteiger charge is 2.17. The molecule has 0 aliphatic rings. The predicted molar refractivity (Wildman–Crippen MR) is 67.0 cm³/mol. The summed E-state index contributed by atoms with van der Waals surface area (Å²) in [6.07, 6.45) is 8.17. The SMILES string of the molecule is CCCCCCCC(C)C(Cl)C(C)C. The van der Waals surface area contributed by atoms with Gasteiger partial charge in [-0.2, -0.15) is 0 Å². The van der Waals surface area contributed by atoms with Gasteiger partial charge in [0.25, 0.3) is 0 Å². The van der Waals surface area contributed by atoms with Gasteiger partial charge < -0.3 is 0 Å². The molecule has 14 heavy (non-hydrogen) atoms. The van der Waals surface area contributed by atoms with Crippen LogP contribution in [0.4, 0.5) is 0 Å². The highest BCUT2D eigenvalue weighted by atomic mass is 35.5. The number of unbranched alkanes of at least 4 members (excludes halogenated alkanes) is 4. The molecule has 0 nitrogen and oxygen atoms in total. The van der Waals surface area contributed by atoms with Crippen molar-refractivity contribution in [2.75, 3.05) is 0 Å². The molecule has 0 aromatic carbocycles. The van der Waals surface area contributed by atoms with E-state index in [1.54, 1.807) is 0 Å². The summed E-state index contributed by atoms with van der Waals surface area (Å²) in [6.45, 7) is 8.98. The van der Waals surface area contributed by atoms with E-state index in [2.05, 4.69) is 27.7 Å². The summed E-state index contributed by atoms with van der Waals surface area (Å²) in [5.74, 6) is 1.29. The molecule has 0 N–H and O–H groups in total. The molecule has 0 aromatic heterocycles. The third kappa shape index (κ3) is 6.70. The maximum atomic E-state index is 6.31. The topological polar surface area (TPSA) is 0 Å². The van der Waals surface area contributed by atoms with E-state index in [0.717, 1.165) is 0 Å². The minimum atomic E-state index is 0.362. The normalized spacial score (nSPS) is 15.9. The lowest BCUT2D eigenvalue weighted by molar-refractivity contribution is 0.406. The van der Waals surface area contributed by atoms with Crippen molar-refractivity contribution in [3.8, 4) is 0 Å². The molecule has 0 aromatic rings. The standard InChI is InChI=1S/C13H27Cl/c1-5-6-7-8-9-10-12(4)13(14)11(2)3/h11-13H,5-10H2,1-4H3. The van der Waals surface area contributed by atoms with Crippen LogP contribution in [0.5, 0.6) is 0 Å². The summed E-state index contributed by atoms with van der Waals surface area (Å²) in [4.78, 5) is 0. The molecule has 0 radical (unpaired) electrons. The van der Waals surface area contributed by atoms with Crippen LogP contribution in [0.3, 0.4) is 0 Å². The molecule has 0 rings (SSSR count). The molecule has 0 aliphatic carbocycles. The predicted octanol–water partition coefficient (Wildman–Crippen LogP) is 5.25. The van der Waals surface area contributed by atoms with E-state index in [1.807, 2.05) is 0 Å². The monoisotopic (exact) mass is 218 g/mol. The van der Waals surface area contributed by atoms with Crippen molar-refractivity contribution >= 4 is 11.6 Å². The largest absolute Gasteiger partial charge is 0.122 e. The Kier molecular flexibility index (Phi) is 8.76. The van der Waals surface area contributed by atoms with Crippen molar-refractivity contribution in [2.24, 2.45) is 11.8 Å². The summed E-state index contributed by atoms with van der Waals surface area (Å²) < 4.78 is 0. The highest BCUT2D eigenvalue weighted by molar-refractivity contribution is 6.20. The maximum absolute atomic E-state index is 6.31. The molecule has 2 unspecified atom stereocenters. The summed E-state index contributed by atoms with van der Waals surface area (Å²) in [7, 11) is 0. The smallest absolute Gasteiger partial charge is 0.0384 e. The minimum Gasteiger partial charge on any atom is -0.122 e. The van der Waals surface area contributed by atoms with Crippen LogP contribution in [-0.4, -0.2) is 5.38 Å². The van der Waals surface area contributed by atoms with Crippen LogP contribution in [0, 0.1) is 11.8 Å². The Labute approximate surface area is 95.4 Å². The van der Waals surface area contributed by atoms with Crippen LogP contribution in [0.2, 0.25) is 0 Å². The van der Waals surface area contributed by atoms with Crippen LogP contribution in [-0.2, 0) is 0 Å². The Balaban J connectivity index is 3.39. The van der Waals surface area contributed by atoms with Crippen molar-refractivity contribution < 1.29 is 0 Å². The van der Waals surface area contributed by atoms with E-state index in [4.69, 9.17) is 11.6 Å². The van der Waals surface area contributed by atoms with Crippen LogP contribution < -0.4 is 0 Å². The number of alkyl halides is 1. The lowest BCUT2D eigenvalue weighted by Crippen LogP contribution is -2.17. The van der Waals surface area contributed by atoms with E-state index in [1.165, 1.54) is 38.5 Å². The second kappa shape index (κ2) is 8.59. The zero-order valence-electron chi connectivity index (χ0n) is 10.4. The van der Waals surface area contributed by atoms with E-state index in [-0.39, 0.29) is 0 Å². The maximum Gasteiger partial charge on any atom is 0.0384 e. The molecule has 2 atom stereocenters. The Bertz CT molecular complexity index is 120. The first-order chi connectivity index (χ1) is 6.59. The van der Waals surface area contributed by atoms with Gasteiger partial charge in [0.15, 0.2) is 0 Å². The number of hydrogen-bond acceptors (Lipinski definition) is 0. The number of hydrogen-bond donors (Lipinski definition) is 0. The lowest BCUT2D eigenvalue weighted by atomic mass is 9.93. The molecule has 0 saturated heterocycles. The van der Waals surface area contributed by atoms with Gasteiger partial charge in [-0.25, -0.2) is 0 Å². The van der Waals surface area contributed by atoms with Gasteiger partial charge in [-0.15, -0.1) is 11.6 Å². The van der Waals surface area contributed by atoms with Crippen LogP contribution in [0.1, 0.15) is 66.2 Å². The fraction of sp³-hybridized carbons (Fsp3) is 1.00. The van der Waals surface area contributed by atoms with Gasteiger partial charge in [-0.3, -0.25) is 0 Å². The Morgan fingerprint density at radius 3 is 2.00 bits per heavy atom. The van der Waals surface area contributed by atoms with Crippen molar-refractivity contribution in [1.82, 2.24) is 0 Å². The Morgan fingerprint density at radius 2 is 1.50 bits per heavy atom. The third-order valence-electron chi connectivity index (χ3n) is 2.94. The number of halogens is 1. The van der Waals surface area contributed by atoms with Gasteiger partial charge in [0, 0.05) is 5.38 Å². The molecule has 86 valence electrons. The van der Waals surface area contributed by atoms with Gasteiger partial charge in [-0.05, 0) is 18.3 Å². The molecule has 0 aliphatic heterocycles. The lowest BCUT2D eigenvalue weighted by Gasteiger charge is -2.21. The van der Waals surface area contributed by atoms with E-state index >= 15 is 0 Å². The minimum absolute atomic E-state index is 0.362. The summed E-state index contributed by atoms with van der Waals surface area (Å²) in [5, 5.41) is 0.362. The van der Waals surface area contributed by atoms with Crippen molar-refractivity contribution in [2.45, 2.75) is 71.6 Å². The van der Waals surface area contributed by atoms with E-state index in [0.29, 0.717) is 17.2 Å². The van der Waals surface area contributed by atoms with Crippen molar-refractivity contribution in [3.05, 3.63) is 0 Å². The van der Waals surface area contributed by atoms with Gasteiger partial charge >= 0.3 is 0 Å². The average molecular weight is 219 g/mol. The first kappa shape index (κ1) is 14.3. The second-order valence-corrected chi connectivity index (χ2v) is 5.37. The summed E-state index contributed by atoms with van der Waals surface area (Å²) in [6, 6.07) is 0. The van der Waals surface area contributed by atoms with Gasteiger partial charge in [0.2, 0.25) is 0 Å². The fourth-order valence-electron chi connectivity index (χ4n) is 1.89. The summed E-state index contributed by atoms with van der Waals surface area (Å²) in [5.41, 5.74) is 0. The van der Waals surface area contributed by atoms with Gasteiger partial charge in [0.1, 0.15) is 0 Å². The van der Waals surface area contributed by atoms with Crippen molar-refractivity contribution in [1.29, 1.82) is 0 Å². The summed E-state index contributed by atoms with van der Waals surface area (Å²) >= 11 is 6.31. The Hall–Kier alpha value is 0.290. The Morgan fingerprint density at radius 1 is 0.929 bits per heavy atom. The van der Waals surface area contributed by atoms with E-state index in [9.17, 15) is 0 Å². The average Bonchev–Trinajstić information content (AvgIpc) is 2.16. The zero-order chi connectivity index (χ0) is 11.0. The molecule has 0 amide bonds.